The van der Waals surface area contributed by atoms with Gasteiger partial charge in [-0.2, -0.15) is 18.3 Å². The molecule has 1 aromatic carbocycles. The number of aromatic nitrogens is 5. The van der Waals surface area contributed by atoms with Gasteiger partial charge in [0.1, 0.15) is 5.69 Å². The molecule has 0 radical (unpaired) electrons. The van der Waals surface area contributed by atoms with E-state index in [-0.39, 0.29) is 17.2 Å². The number of aromatic amines is 1. The Bertz CT molecular complexity index is 1470. The van der Waals surface area contributed by atoms with Gasteiger partial charge < -0.3 is 27.0 Å². The number of amides is 1. The van der Waals surface area contributed by atoms with Crippen LogP contribution in [0, 0.1) is 0 Å². The average Bonchev–Trinajstić information content (AvgIpc) is 3.65. The predicted octanol–water partition coefficient (Wildman–Crippen LogP) is 3.87. The first kappa shape index (κ1) is 31.9. The van der Waals surface area contributed by atoms with Crippen LogP contribution in [0.1, 0.15) is 54.2 Å². The average molecular weight is 601 g/mol. The summed E-state index contributed by atoms with van der Waals surface area (Å²) >= 11 is 0. The Labute approximate surface area is 248 Å². The first-order valence-electron chi connectivity index (χ1n) is 14.6. The minimum Gasteiger partial charge on any atom is -0.352 e. The van der Waals surface area contributed by atoms with Gasteiger partial charge in [0, 0.05) is 30.2 Å². The van der Waals surface area contributed by atoms with Gasteiger partial charge in [-0.15, -0.1) is 0 Å². The van der Waals surface area contributed by atoms with Crippen LogP contribution >= 0.6 is 0 Å². The number of fused-ring (bicyclic) bond motifs is 1. The monoisotopic (exact) mass is 600 g/mol. The quantitative estimate of drug-likeness (QED) is 0.100. The topological polar surface area (TPSA) is 150 Å². The number of rotatable bonds is 17. The molecule has 0 unspecified atom stereocenters. The van der Waals surface area contributed by atoms with E-state index in [2.05, 4.69) is 36.3 Å². The van der Waals surface area contributed by atoms with Gasteiger partial charge in [0.15, 0.2) is 11.5 Å². The maximum atomic E-state index is 13.4. The van der Waals surface area contributed by atoms with Gasteiger partial charge in [-0.1, -0.05) is 6.92 Å². The van der Waals surface area contributed by atoms with Crippen molar-refractivity contribution >= 4 is 23.1 Å². The maximum Gasteiger partial charge on any atom is 0.433 e. The first-order chi connectivity index (χ1) is 20.8. The predicted molar refractivity (Wildman–Crippen MR) is 160 cm³/mol. The number of H-pyrrole nitrogens is 1. The number of nitrogens with zero attached hydrogens (tertiary/aromatic N) is 4. The number of anilines is 2. The number of alkyl halides is 3. The van der Waals surface area contributed by atoms with Crippen LogP contribution in [-0.4, -0.2) is 69.7 Å². The SMILES string of the molecule is CCc1cc(Nc2nccn3c(-c4cn[nH]c4C(F)(F)F)cnc23)ccc1C(=O)NCCCNCCCCNCCCN. The van der Waals surface area contributed by atoms with Crippen molar-refractivity contribution < 1.29 is 18.0 Å². The number of unbranched alkanes of at least 4 members (excludes halogenated alkanes) is 1. The summed E-state index contributed by atoms with van der Waals surface area (Å²) in [5.41, 5.74) is 7.11. The number of benzene rings is 1. The molecule has 0 bridgehead atoms. The van der Waals surface area contributed by atoms with E-state index in [1.807, 2.05) is 18.1 Å². The summed E-state index contributed by atoms with van der Waals surface area (Å²) in [6.45, 7) is 6.99. The van der Waals surface area contributed by atoms with Crippen LogP contribution in [0.15, 0.2) is 43.0 Å². The van der Waals surface area contributed by atoms with E-state index in [1.165, 1.54) is 16.8 Å². The molecule has 14 heteroatoms. The Morgan fingerprint density at radius 1 is 1.00 bits per heavy atom. The molecule has 4 aromatic rings. The number of nitrogens with one attached hydrogen (secondary N) is 5. The molecule has 0 saturated carbocycles. The number of imidazole rings is 1. The fourth-order valence-corrected chi connectivity index (χ4v) is 4.71. The van der Waals surface area contributed by atoms with Crippen molar-refractivity contribution in [1.82, 2.24) is 40.5 Å². The molecular weight excluding hydrogens is 561 g/mol. The molecule has 43 heavy (non-hydrogen) atoms. The highest BCUT2D eigenvalue weighted by Gasteiger charge is 2.36. The van der Waals surface area contributed by atoms with E-state index in [0.29, 0.717) is 42.2 Å². The molecule has 0 spiro atoms. The number of nitrogens with two attached hydrogens (primary N) is 1. The molecule has 232 valence electrons. The van der Waals surface area contributed by atoms with Crippen LogP contribution in [0.2, 0.25) is 0 Å². The second-order valence-corrected chi connectivity index (χ2v) is 10.1. The molecule has 3 aromatic heterocycles. The molecule has 0 saturated heterocycles. The van der Waals surface area contributed by atoms with E-state index >= 15 is 0 Å². The summed E-state index contributed by atoms with van der Waals surface area (Å²) in [4.78, 5) is 21.5. The summed E-state index contributed by atoms with van der Waals surface area (Å²) in [5.74, 6) is 0.228. The van der Waals surface area contributed by atoms with Crippen molar-refractivity contribution in [3.63, 3.8) is 0 Å². The van der Waals surface area contributed by atoms with E-state index in [4.69, 9.17) is 5.73 Å². The largest absolute Gasteiger partial charge is 0.433 e. The van der Waals surface area contributed by atoms with Crippen molar-refractivity contribution in [2.75, 3.05) is 44.6 Å². The standard InChI is InChI=1S/C29H39F3N10O/c1-2-20-17-21(7-8-22(20)28(43)37-14-6-13-35-11-4-3-10-34-12-5-9-33)40-26-27-38-19-24(42(27)16-15-36-26)23-18-39-41-25(23)29(30,31)32/h7-8,15-19,34-35H,2-6,9-14,33H2,1H3,(H,36,40)(H,37,43)(H,39,41). The lowest BCUT2D eigenvalue weighted by Crippen LogP contribution is -2.28. The van der Waals surface area contributed by atoms with Crippen LogP contribution in [0.25, 0.3) is 16.9 Å². The third-order valence-electron chi connectivity index (χ3n) is 6.95. The van der Waals surface area contributed by atoms with Crippen LogP contribution in [0.5, 0.6) is 0 Å². The lowest BCUT2D eigenvalue weighted by Gasteiger charge is -2.13. The zero-order valence-corrected chi connectivity index (χ0v) is 24.2. The van der Waals surface area contributed by atoms with Crippen molar-refractivity contribution in [1.29, 1.82) is 0 Å². The number of halogens is 3. The fourth-order valence-electron chi connectivity index (χ4n) is 4.71. The Hall–Kier alpha value is -4.01. The molecule has 0 aliphatic rings. The van der Waals surface area contributed by atoms with Gasteiger partial charge in [0.25, 0.3) is 5.91 Å². The van der Waals surface area contributed by atoms with Gasteiger partial charge in [0.05, 0.1) is 23.7 Å². The highest BCUT2D eigenvalue weighted by molar-refractivity contribution is 5.96. The molecule has 0 atom stereocenters. The third kappa shape index (κ3) is 8.52. The van der Waals surface area contributed by atoms with E-state index in [9.17, 15) is 18.0 Å². The van der Waals surface area contributed by atoms with Crippen LogP contribution in [-0.2, 0) is 12.6 Å². The van der Waals surface area contributed by atoms with E-state index in [0.717, 1.165) is 63.6 Å². The molecule has 0 fully saturated rings. The van der Waals surface area contributed by atoms with E-state index < -0.39 is 11.9 Å². The Kier molecular flexibility index (Phi) is 11.5. The zero-order valence-electron chi connectivity index (χ0n) is 24.2. The van der Waals surface area contributed by atoms with Crippen molar-refractivity contribution in [2.24, 2.45) is 5.73 Å². The smallest absolute Gasteiger partial charge is 0.352 e. The van der Waals surface area contributed by atoms with Crippen molar-refractivity contribution in [2.45, 2.75) is 45.2 Å². The normalized spacial score (nSPS) is 11.7. The van der Waals surface area contributed by atoms with Gasteiger partial charge in [-0.25, -0.2) is 9.97 Å². The minimum absolute atomic E-state index is 0.112. The first-order valence-corrected chi connectivity index (χ1v) is 14.6. The van der Waals surface area contributed by atoms with Gasteiger partial charge in [0.2, 0.25) is 0 Å². The van der Waals surface area contributed by atoms with Gasteiger partial charge in [-0.3, -0.25) is 14.3 Å². The number of carbonyl (C=O) groups is 1. The van der Waals surface area contributed by atoms with Crippen molar-refractivity contribution in [3.05, 3.63) is 59.8 Å². The highest BCUT2D eigenvalue weighted by Crippen LogP contribution is 2.36. The molecule has 0 aliphatic carbocycles. The Morgan fingerprint density at radius 2 is 1.74 bits per heavy atom. The van der Waals surface area contributed by atoms with Crippen LogP contribution in [0.4, 0.5) is 24.7 Å². The summed E-state index contributed by atoms with van der Waals surface area (Å²) < 4.78 is 41.8. The molecule has 1 amide bonds. The summed E-state index contributed by atoms with van der Waals surface area (Å²) in [6.07, 6.45) is 5.57. The molecular formula is C29H39F3N10O. The Morgan fingerprint density at radius 3 is 2.47 bits per heavy atom. The summed E-state index contributed by atoms with van der Waals surface area (Å²) in [6, 6.07) is 5.40. The molecule has 11 nitrogen and oxygen atoms in total. The summed E-state index contributed by atoms with van der Waals surface area (Å²) in [5, 5.41) is 18.6. The lowest BCUT2D eigenvalue weighted by atomic mass is 10.0. The Balaban J connectivity index is 1.31. The number of hydrogen-bond donors (Lipinski definition) is 6. The minimum atomic E-state index is -4.59. The van der Waals surface area contributed by atoms with Crippen LogP contribution < -0.4 is 27.0 Å². The molecule has 4 rings (SSSR count). The lowest BCUT2D eigenvalue weighted by molar-refractivity contribution is -0.140. The number of carbonyl (C=O) groups excluding carboxylic acids is 1. The number of aryl methyl sites for hydroxylation is 1. The van der Waals surface area contributed by atoms with Crippen molar-refractivity contribution in [3.8, 4) is 11.3 Å². The maximum absolute atomic E-state index is 13.4. The molecule has 0 aliphatic heterocycles. The highest BCUT2D eigenvalue weighted by atomic mass is 19.4. The fraction of sp³-hybridized carbons (Fsp3) is 0.448. The number of hydrogen-bond acceptors (Lipinski definition) is 8. The zero-order chi connectivity index (χ0) is 30.7. The third-order valence-corrected chi connectivity index (χ3v) is 6.95. The second-order valence-electron chi connectivity index (χ2n) is 10.1. The van der Waals surface area contributed by atoms with E-state index in [1.54, 1.807) is 18.3 Å². The molecule has 3 heterocycles. The summed E-state index contributed by atoms with van der Waals surface area (Å²) in [7, 11) is 0. The van der Waals surface area contributed by atoms with Gasteiger partial charge in [-0.05, 0) is 88.6 Å². The van der Waals surface area contributed by atoms with Gasteiger partial charge >= 0.3 is 6.18 Å². The second kappa shape index (κ2) is 15.5. The molecule has 7 N–H and O–H groups in total. The van der Waals surface area contributed by atoms with Crippen LogP contribution in [0.3, 0.4) is 0 Å².